The first-order chi connectivity index (χ1) is 19.3. The topological polar surface area (TPSA) is 141 Å². The van der Waals surface area contributed by atoms with Crippen molar-refractivity contribution in [2.45, 2.75) is 38.1 Å². The van der Waals surface area contributed by atoms with Crippen LogP contribution in [0.3, 0.4) is 0 Å². The lowest BCUT2D eigenvalue weighted by Gasteiger charge is -2.38. The molecule has 0 amide bonds. The lowest BCUT2D eigenvalue weighted by atomic mass is 9.91. The zero-order chi connectivity index (χ0) is 27.9. The smallest absolute Gasteiger partial charge is 0.281 e. The number of aliphatic hydroxyl groups is 1. The summed E-state index contributed by atoms with van der Waals surface area (Å²) in [5.74, 6) is 0.488. The molecule has 0 spiro atoms. The quantitative estimate of drug-likeness (QED) is 0.307. The van der Waals surface area contributed by atoms with Crippen LogP contribution in [0.2, 0.25) is 5.02 Å². The molecular formula is C28H29ClN8O3. The van der Waals surface area contributed by atoms with Crippen LogP contribution in [-0.4, -0.2) is 58.2 Å². The minimum absolute atomic E-state index is 0.153. The van der Waals surface area contributed by atoms with Crippen LogP contribution >= 0.6 is 11.6 Å². The van der Waals surface area contributed by atoms with Crippen LogP contribution in [0.1, 0.15) is 24.0 Å². The van der Waals surface area contributed by atoms with Gasteiger partial charge in [0.2, 0.25) is 12.2 Å². The van der Waals surface area contributed by atoms with E-state index in [1.807, 2.05) is 42.5 Å². The number of nitrogens with two attached hydrogens (primary N) is 1. The molecule has 11 nitrogen and oxygen atoms in total. The van der Waals surface area contributed by atoms with E-state index in [0.29, 0.717) is 55.4 Å². The third-order valence-electron chi connectivity index (χ3n) is 7.59. The zero-order valence-corrected chi connectivity index (χ0v) is 22.8. The number of halogens is 1. The Morgan fingerprint density at radius 2 is 1.82 bits per heavy atom. The normalized spacial score (nSPS) is 15.6. The number of piperidine rings is 1. The van der Waals surface area contributed by atoms with Gasteiger partial charge in [-0.1, -0.05) is 53.2 Å². The molecule has 0 saturated carbocycles. The van der Waals surface area contributed by atoms with Gasteiger partial charge in [0, 0.05) is 49.4 Å². The summed E-state index contributed by atoms with van der Waals surface area (Å²) in [6, 6.07) is 13.5. The second kappa shape index (κ2) is 10.6. The monoisotopic (exact) mass is 560 g/mol. The lowest BCUT2D eigenvalue weighted by Crippen LogP contribution is -2.47. The Kier molecular flexibility index (Phi) is 6.97. The number of aromatic nitrogens is 6. The standard InChI is InChI=1S/C28H29ClN8O3/c1-35-25(19-4-2-18(13-30)3-5-19)23-24(33-35)27(38)37(16-31-23)15-28(39)8-10-36(11-9-28)14-21-7-6-20(12-22(21)29)26-32-17-40-34-26/h2-7,12,16-17,39H,8-11,13-15,30H2,1H3. The van der Waals surface area contributed by atoms with Gasteiger partial charge in [-0.15, -0.1) is 0 Å². The Labute approximate surface area is 234 Å². The molecule has 0 bridgehead atoms. The molecule has 1 fully saturated rings. The Morgan fingerprint density at radius 1 is 1.07 bits per heavy atom. The molecule has 0 unspecified atom stereocenters. The number of benzene rings is 2. The summed E-state index contributed by atoms with van der Waals surface area (Å²) in [5.41, 5.74) is 9.70. The highest BCUT2D eigenvalue weighted by molar-refractivity contribution is 6.31. The average Bonchev–Trinajstić information content (AvgIpc) is 3.61. The van der Waals surface area contributed by atoms with Crippen molar-refractivity contribution < 1.29 is 9.63 Å². The number of hydrogen-bond donors (Lipinski definition) is 2. The van der Waals surface area contributed by atoms with E-state index in [0.717, 1.165) is 27.9 Å². The van der Waals surface area contributed by atoms with Gasteiger partial charge < -0.3 is 15.4 Å². The molecule has 3 N–H and O–H groups in total. The summed E-state index contributed by atoms with van der Waals surface area (Å²) in [6.07, 6.45) is 3.82. The molecule has 3 aromatic heterocycles. The summed E-state index contributed by atoms with van der Waals surface area (Å²) < 4.78 is 7.96. The van der Waals surface area contributed by atoms with Gasteiger partial charge in [0.25, 0.3) is 5.56 Å². The molecule has 0 atom stereocenters. The highest BCUT2D eigenvalue weighted by atomic mass is 35.5. The Morgan fingerprint density at radius 3 is 2.50 bits per heavy atom. The molecule has 1 aliphatic rings. The van der Waals surface area contributed by atoms with Crippen LogP contribution in [0.4, 0.5) is 0 Å². The second-order valence-corrected chi connectivity index (χ2v) is 10.7. The lowest BCUT2D eigenvalue weighted by molar-refractivity contribution is -0.0364. The van der Waals surface area contributed by atoms with Crippen LogP contribution in [0.5, 0.6) is 0 Å². The molecule has 0 radical (unpaired) electrons. The van der Waals surface area contributed by atoms with Gasteiger partial charge in [0.1, 0.15) is 5.52 Å². The van der Waals surface area contributed by atoms with Crippen LogP contribution in [0.25, 0.3) is 33.7 Å². The van der Waals surface area contributed by atoms with Gasteiger partial charge in [0.15, 0.2) is 5.52 Å². The first-order valence-corrected chi connectivity index (χ1v) is 13.4. The van der Waals surface area contributed by atoms with Gasteiger partial charge in [-0.3, -0.25) is 18.9 Å². The van der Waals surface area contributed by atoms with E-state index in [-0.39, 0.29) is 17.6 Å². The number of aryl methyl sites for hydroxylation is 1. The molecule has 1 aliphatic heterocycles. The highest BCUT2D eigenvalue weighted by Gasteiger charge is 2.33. The predicted molar refractivity (Wildman–Crippen MR) is 150 cm³/mol. The summed E-state index contributed by atoms with van der Waals surface area (Å²) in [7, 11) is 1.80. The fourth-order valence-electron chi connectivity index (χ4n) is 5.29. The third kappa shape index (κ3) is 5.04. The van der Waals surface area contributed by atoms with Crippen molar-refractivity contribution in [3.05, 3.63) is 81.7 Å². The SMILES string of the molecule is Cn1nc2c(=O)n(CC3(O)CCN(Cc4ccc(-c5ncon5)cc4Cl)CC3)cnc2c1-c1ccc(CN)cc1. The summed E-state index contributed by atoms with van der Waals surface area (Å²) in [6.45, 7) is 2.59. The van der Waals surface area contributed by atoms with Gasteiger partial charge in [-0.05, 0) is 30.0 Å². The minimum atomic E-state index is -1.03. The van der Waals surface area contributed by atoms with Crippen molar-refractivity contribution in [2.24, 2.45) is 12.8 Å². The van der Waals surface area contributed by atoms with Crippen LogP contribution in [-0.2, 0) is 26.7 Å². The first kappa shape index (κ1) is 26.3. The van der Waals surface area contributed by atoms with Crippen LogP contribution in [0, 0.1) is 0 Å². The van der Waals surface area contributed by atoms with Gasteiger partial charge in [-0.2, -0.15) is 10.1 Å². The van der Waals surface area contributed by atoms with E-state index in [1.54, 1.807) is 11.7 Å². The van der Waals surface area contributed by atoms with Gasteiger partial charge in [0.05, 0.1) is 24.2 Å². The van der Waals surface area contributed by atoms with Crippen LogP contribution in [0.15, 0.2) is 64.5 Å². The Balaban J connectivity index is 1.14. The van der Waals surface area contributed by atoms with E-state index in [9.17, 15) is 9.90 Å². The highest BCUT2D eigenvalue weighted by Crippen LogP contribution is 2.29. The fraction of sp³-hybridized carbons (Fsp3) is 0.321. The molecule has 1 saturated heterocycles. The molecule has 206 valence electrons. The molecule has 2 aromatic carbocycles. The number of rotatable bonds is 7. The van der Waals surface area contributed by atoms with Crippen molar-refractivity contribution in [3.63, 3.8) is 0 Å². The van der Waals surface area contributed by atoms with E-state index in [2.05, 4.69) is 25.1 Å². The number of hydrogen-bond acceptors (Lipinski definition) is 9. The summed E-state index contributed by atoms with van der Waals surface area (Å²) >= 11 is 6.54. The predicted octanol–water partition coefficient (Wildman–Crippen LogP) is 2.99. The molecule has 6 rings (SSSR count). The molecule has 40 heavy (non-hydrogen) atoms. The number of likely N-dealkylation sites (tertiary alicyclic amines) is 1. The van der Waals surface area contributed by atoms with Crippen molar-refractivity contribution in [3.8, 4) is 22.6 Å². The van der Waals surface area contributed by atoms with E-state index < -0.39 is 5.60 Å². The largest absolute Gasteiger partial charge is 0.388 e. The first-order valence-electron chi connectivity index (χ1n) is 13.0. The minimum Gasteiger partial charge on any atom is -0.388 e. The third-order valence-corrected chi connectivity index (χ3v) is 7.94. The number of fused-ring (bicyclic) bond motifs is 1. The van der Waals surface area contributed by atoms with Crippen molar-refractivity contribution >= 4 is 22.6 Å². The fourth-order valence-corrected chi connectivity index (χ4v) is 5.53. The molecule has 12 heteroatoms. The Hall–Kier alpha value is -3.90. The summed E-state index contributed by atoms with van der Waals surface area (Å²) in [5, 5.41) is 20.3. The van der Waals surface area contributed by atoms with E-state index in [1.165, 1.54) is 17.3 Å². The average molecular weight is 561 g/mol. The Bertz CT molecular complexity index is 1700. The second-order valence-electron chi connectivity index (χ2n) is 10.3. The zero-order valence-electron chi connectivity index (χ0n) is 22.0. The number of nitrogens with zero attached hydrogens (tertiary/aromatic N) is 7. The van der Waals surface area contributed by atoms with E-state index >= 15 is 0 Å². The van der Waals surface area contributed by atoms with Crippen molar-refractivity contribution in [1.29, 1.82) is 0 Å². The molecule has 4 heterocycles. The van der Waals surface area contributed by atoms with Crippen molar-refractivity contribution in [1.82, 2.24) is 34.4 Å². The molecular weight excluding hydrogens is 532 g/mol. The maximum absolute atomic E-state index is 13.4. The maximum atomic E-state index is 13.4. The van der Waals surface area contributed by atoms with Gasteiger partial charge in [-0.25, -0.2) is 4.98 Å². The van der Waals surface area contributed by atoms with Gasteiger partial charge >= 0.3 is 0 Å². The molecule has 5 aromatic rings. The van der Waals surface area contributed by atoms with Crippen molar-refractivity contribution in [2.75, 3.05) is 13.1 Å². The summed E-state index contributed by atoms with van der Waals surface area (Å²) in [4.78, 5) is 24.3. The van der Waals surface area contributed by atoms with Crippen LogP contribution < -0.4 is 11.3 Å². The maximum Gasteiger partial charge on any atom is 0.281 e. The van der Waals surface area contributed by atoms with E-state index in [4.69, 9.17) is 21.9 Å². The molecule has 0 aliphatic carbocycles.